The van der Waals surface area contributed by atoms with Crippen molar-refractivity contribution in [1.82, 2.24) is 10.3 Å². The van der Waals surface area contributed by atoms with Crippen LogP contribution in [0.2, 0.25) is 5.02 Å². The smallest absolute Gasteiger partial charge is 0.227 e. The number of amides is 2. The van der Waals surface area contributed by atoms with E-state index in [-0.39, 0.29) is 30.8 Å². The number of aromatic nitrogens is 1. The molecule has 26 heavy (non-hydrogen) atoms. The summed E-state index contributed by atoms with van der Waals surface area (Å²) in [5.41, 5.74) is 1.42. The summed E-state index contributed by atoms with van der Waals surface area (Å²) in [5.74, 6) is 0.314. The summed E-state index contributed by atoms with van der Waals surface area (Å²) >= 11 is 6.05. The lowest BCUT2D eigenvalue weighted by Crippen LogP contribution is -2.42. The summed E-state index contributed by atoms with van der Waals surface area (Å²) in [4.78, 5) is 30.4. The fraction of sp³-hybridized carbons (Fsp3) is 0.316. The first kappa shape index (κ1) is 18.2. The van der Waals surface area contributed by atoms with Crippen LogP contribution in [0.3, 0.4) is 0 Å². The average molecular weight is 374 g/mol. The Morgan fingerprint density at radius 2 is 2.15 bits per heavy atom. The molecule has 0 unspecified atom stereocenters. The van der Waals surface area contributed by atoms with Gasteiger partial charge >= 0.3 is 0 Å². The third-order valence-corrected chi connectivity index (χ3v) is 4.27. The second kappa shape index (κ2) is 8.19. The monoisotopic (exact) mass is 373 g/mol. The maximum absolute atomic E-state index is 12.6. The van der Waals surface area contributed by atoms with Crippen LogP contribution < -0.4 is 15.0 Å². The zero-order valence-electron chi connectivity index (χ0n) is 14.4. The summed E-state index contributed by atoms with van der Waals surface area (Å²) in [7, 11) is 0. The van der Waals surface area contributed by atoms with E-state index in [1.54, 1.807) is 29.3 Å². The molecule has 2 amide bonds. The molecule has 0 saturated heterocycles. The van der Waals surface area contributed by atoms with Crippen LogP contribution in [0, 0.1) is 0 Å². The first-order chi connectivity index (χ1) is 12.5. The highest BCUT2D eigenvalue weighted by atomic mass is 35.5. The number of halogens is 1. The van der Waals surface area contributed by atoms with Crippen LogP contribution in [0.25, 0.3) is 0 Å². The number of anilines is 1. The first-order valence-electron chi connectivity index (χ1n) is 8.46. The topological polar surface area (TPSA) is 71.5 Å². The molecule has 3 rings (SSSR count). The van der Waals surface area contributed by atoms with E-state index in [0.29, 0.717) is 29.5 Å². The van der Waals surface area contributed by atoms with E-state index in [2.05, 4.69) is 10.3 Å². The number of hydrogen-bond acceptors (Lipinski definition) is 4. The molecule has 2 aromatic rings. The molecule has 0 saturated carbocycles. The quantitative estimate of drug-likeness (QED) is 0.874. The zero-order valence-corrected chi connectivity index (χ0v) is 15.2. The Bertz CT molecular complexity index is 798. The van der Waals surface area contributed by atoms with Crippen molar-refractivity contribution in [1.29, 1.82) is 0 Å². The SMILES string of the molecule is C[C@H]1CN(C(=O)CCC(=O)NCc2ccccn2)c2cc(Cl)ccc2O1. The van der Waals surface area contributed by atoms with Gasteiger partial charge in [0.1, 0.15) is 11.9 Å². The average Bonchev–Trinajstić information content (AvgIpc) is 2.65. The third-order valence-electron chi connectivity index (χ3n) is 4.04. The Morgan fingerprint density at radius 3 is 2.92 bits per heavy atom. The molecule has 1 aromatic heterocycles. The number of nitrogens with one attached hydrogen (secondary N) is 1. The molecule has 1 N–H and O–H groups in total. The molecular weight excluding hydrogens is 354 g/mol. The van der Waals surface area contributed by atoms with Crippen molar-refractivity contribution < 1.29 is 14.3 Å². The van der Waals surface area contributed by atoms with Gasteiger partial charge < -0.3 is 15.0 Å². The van der Waals surface area contributed by atoms with Gasteiger partial charge in [0.25, 0.3) is 0 Å². The highest BCUT2D eigenvalue weighted by Crippen LogP contribution is 2.36. The van der Waals surface area contributed by atoms with Crippen molar-refractivity contribution in [3.8, 4) is 5.75 Å². The molecule has 0 bridgehead atoms. The lowest BCUT2D eigenvalue weighted by molar-refractivity contribution is -0.125. The molecule has 0 aliphatic carbocycles. The van der Waals surface area contributed by atoms with Gasteiger partial charge in [-0.2, -0.15) is 0 Å². The molecule has 0 radical (unpaired) electrons. The van der Waals surface area contributed by atoms with Crippen LogP contribution in [-0.2, 0) is 16.1 Å². The van der Waals surface area contributed by atoms with Crippen LogP contribution in [0.5, 0.6) is 5.75 Å². The van der Waals surface area contributed by atoms with E-state index < -0.39 is 0 Å². The van der Waals surface area contributed by atoms with Gasteiger partial charge in [-0.05, 0) is 37.3 Å². The van der Waals surface area contributed by atoms with E-state index in [1.165, 1.54) is 0 Å². The van der Waals surface area contributed by atoms with E-state index >= 15 is 0 Å². The second-order valence-electron chi connectivity index (χ2n) is 6.14. The van der Waals surface area contributed by atoms with E-state index in [1.807, 2.05) is 25.1 Å². The van der Waals surface area contributed by atoms with E-state index in [9.17, 15) is 9.59 Å². The number of rotatable bonds is 5. The molecule has 6 nitrogen and oxygen atoms in total. The molecule has 0 spiro atoms. The van der Waals surface area contributed by atoms with Gasteiger partial charge in [-0.1, -0.05) is 17.7 Å². The molecule has 1 atom stereocenters. The Kier molecular flexibility index (Phi) is 5.73. The minimum absolute atomic E-state index is 0.118. The first-order valence-corrected chi connectivity index (χ1v) is 8.84. The fourth-order valence-electron chi connectivity index (χ4n) is 2.78. The standard InChI is InChI=1S/C19H20ClN3O3/c1-13-12-23(16-10-14(20)5-6-17(16)26-13)19(25)8-7-18(24)22-11-15-4-2-3-9-21-15/h2-6,9-10,13H,7-8,11-12H2,1H3,(H,22,24)/t13-/m0/s1. The lowest BCUT2D eigenvalue weighted by Gasteiger charge is -2.33. The number of pyridine rings is 1. The van der Waals surface area contributed by atoms with E-state index in [4.69, 9.17) is 16.3 Å². The van der Waals surface area contributed by atoms with Crippen molar-refractivity contribution in [3.05, 3.63) is 53.3 Å². The van der Waals surface area contributed by atoms with Gasteiger partial charge in [-0.15, -0.1) is 0 Å². The molecule has 0 fully saturated rings. The fourth-order valence-corrected chi connectivity index (χ4v) is 2.95. The van der Waals surface area contributed by atoms with Crippen molar-refractivity contribution in [2.75, 3.05) is 11.4 Å². The van der Waals surface area contributed by atoms with Gasteiger partial charge in [0.05, 0.1) is 24.5 Å². The van der Waals surface area contributed by atoms with Crippen molar-refractivity contribution in [2.45, 2.75) is 32.4 Å². The highest BCUT2D eigenvalue weighted by molar-refractivity contribution is 6.31. The van der Waals surface area contributed by atoms with Gasteiger partial charge in [0.2, 0.25) is 11.8 Å². The van der Waals surface area contributed by atoms with Crippen LogP contribution in [0.15, 0.2) is 42.6 Å². The number of ether oxygens (including phenoxy) is 1. The summed E-state index contributed by atoms with van der Waals surface area (Å²) in [6.07, 6.45) is 1.79. The minimum atomic E-state index is -0.184. The number of carbonyl (C=O) groups is 2. The van der Waals surface area contributed by atoms with Crippen LogP contribution in [0.1, 0.15) is 25.5 Å². The maximum Gasteiger partial charge on any atom is 0.227 e. The normalized spacial score (nSPS) is 15.8. The molecule has 7 heteroatoms. The summed E-state index contributed by atoms with van der Waals surface area (Å²) < 4.78 is 5.74. The largest absolute Gasteiger partial charge is 0.487 e. The number of carbonyl (C=O) groups excluding carboxylic acids is 2. The molecule has 1 aromatic carbocycles. The minimum Gasteiger partial charge on any atom is -0.487 e. The number of fused-ring (bicyclic) bond motifs is 1. The van der Waals surface area contributed by atoms with Crippen molar-refractivity contribution >= 4 is 29.1 Å². The van der Waals surface area contributed by atoms with Crippen LogP contribution in [-0.4, -0.2) is 29.4 Å². The van der Waals surface area contributed by atoms with Crippen molar-refractivity contribution in [3.63, 3.8) is 0 Å². The summed E-state index contributed by atoms with van der Waals surface area (Å²) in [6, 6.07) is 10.7. The van der Waals surface area contributed by atoms with Crippen LogP contribution in [0.4, 0.5) is 5.69 Å². The Labute approximate surface area is 157 Å². The Morgan fingerprint density at radius 1 is 1.31 bits per heavy atom. The molecule has 136 valence electrons. The molecule has 1 aliphatic heterocycles. The number of hydrogen-bond donors (Lipinski definition) is 1. The summed E-state index contributed by atoms with van der Waals surface area (Å²) in [5, 5.41) is 3.31. The van der Waals surface area contributed by atoms with Crippen LogP contribution >= 0.6 is 11.6 Å². The Balaban J connectivity index is 1.56. The van der Waals surface area contributed by atoms with Gasteiger partial charge in [0.15, 0.2) is 0 Å². The summed E-state index contributed by atoms with van der Waals surface area (Å²) in [6.45, 7) is 2.68. The Hall–Kier alpha value is -2.60. The maximum atomic E-state index is 12.6. The predicted molar refractivity (Wildman–Crippen MR) is 99.2 cm³/mol. The van der Waals surface area contributed by atoms with Gasteiger partial charge in [-0.25, -0.2) is 0 Å². The number of nitrogens with zero attached hydrogens (tertiary/aromatic N) is 2. The van der Waals surface area contributed by atoms with Crippen molar-refractivity contribution in [2.24, 2.45) is 0 Å². The lowest BCUT2D eigenvalue weighted by atomic mass is 10.1. The predicted octanol–water partition coefficient (Wildman–Crippen LogP) is 2.95. The number of benzene rings is 1. The zero-order chi connectivity index (χ0) is 18.5. The van der Waals surface area contributed by atoms with Gasteiger partial charge in [-0.3, -0.25) is 14.6 Å². The third kappa shape index (κ3) is 4.52. The molecule has 1 aliphatic rings. The second-order valence-corrected chi connectivity index (χ2v) is 6.58. The van der Waals surface area contributed by atoms with E-state index in [0.717, 1.165) is 5.69 Å². The van der Waals surface area contributed by atoms with Gasteiger partial charge in [0, 0.05) is 24.1 Å². The molecule has 2 heterocycles. The highest BCUT2D eigenvalue weighted by Gasteiger charge is 2.27. The molecular formula is C19H20ClN3O3.